The number of nitrogens with zero attached hydrogens (tertiary/aromatic N) is 2. The smallest absolute Gasteiger partial charge is 0.319 e. The van der Waals surface area contributed by atoms with Gasteiger partial charge in [0.05, 0.1) is 13.2 Å². The van der Waals surface area contributed by atoms with Gasteiger partial charge in [0.25, 0.3) is 0 Å². The number of benzene rings is 2. The molecule has 2 heterocycles. The molecule has 1 fully saturated rings. The summed E-state index contributed by atoms with van der Waals surface area (Å²) in [6, 6.07) is 16.1. The van der Waals surface area contributed by atoms with Crippen LogP contribution in [0.1, 0.15) is 11.1 Å². The number of carbonyl (C=O) groups excluding carboxylic acids is 1. The van der Waals surface area contributed by atoms with E-state index in [0.717, 1.165) is 56.0 Å². The van der Waals surface area contributed by atoms with Crippen LogP contribution in [0.5, 0.6) is 0 Å². The topological polar surface area (TPSA) is 58.5 Å². The van der Waals surface area contributed by atoms with Crippen LogP contribution in [0.15, 0.2) is 54.7 Å². The first-order valence-electron chi connectivity index (χ1n) is 10.2. The van der Waals surface area contributed by atoms with Gasteiger partial charge >= 0.3 is 6.03 Å². The molecular weight excluding hydrogens is 364 g/mol. The molecule has 152 valence electrons. The number of carbonyl (C=O) groups is 1. The highest BCUT2D eigenvalue weighted by Gasteiger charge is 2.11. The molecule has 2 N–H and O–H groups in total. The fraction of sp³-hybridized carbons (Fsp3) is 0.348. The Hall–Kier alpha value is -2.83. The molecule has 0 atom stereocenters. The van der Waals surface area contributed by atoms with E-state index in [2.05, 4.69) is 45.4 Å². The third-order valence-electron chi connectivity index (χ3n) is 5.36. The Kier molecular flexibility index (Phi) is 6.12. The zero-order chi connectivity index (χ0) is 20.1. The summed E-state index contributed by atoms with van der Waals surface area (Å²) in [6.45, 7) is 8.20. The SMILES string of the molecule is Cc1ccc(CNC(=O)Nc2ccc3c(ccn3CCN3CCOCC3)c2)cc1. The Balaban J connectivity index is 1.32. The molecule has 0 saturated carbocycles. The Morgan fingerprint density at radius 3 is 2.62 bits per heavy atom. The molecule has 2 amide bonds. The first-order chi connectivity index (χ1) is 14.2. The van der Waals surface area contributed by atoms with Crippen LogP contribution < -0.4 is 10.6 Å². The van der Waals surface area contributed by atoms with Crippen LogP contribution in [0.4, 0.5) is 10.5 Å². The van der Waals surface area contributed by atoms with Gasteiger partial charge in [-0.05, 0) is 36.8 Å². The molecule has 3 aromatic rings. The molecule has 6 nitrogen and oxygen atoms in total. The van der Waals surface area contributed by atoms with Gasteiger partial charge in [-0.1, -0.05) is 29.8 Å². The molecule has 1 aliphatic heterocycles. The van der Waals surface area contributed by atoms with Gasteiger partial charge in [-0.3, -0.25) is 4.90 Å². The fourth-order valence-corrected chi connectivity index (χ4v) is 3.61. The van der Waals surface area contributed by atoms with Crippen LogP contribution in [0, 0.1) is 6.92 Å². The second kappa shape index (κ2) is 9.11. The van der Waals surface area contributed by atoms with E-state index in [9.17, 15) is 4.79 Å². The van der Waals surface area contributed by atoms with E-state index >= 15 is 0 Å². The summed E-state index contributed by atoms with van der Waals surface area (Å²) in [6.07, 6.45) is 2.12. The van der Waals surface area contributed by atoms with Gasteiger partial charge in [0.1, 0.15) is 0 Å². The molecule has 4 rings (SSSR count). The number of morpholine rings is 1. The molecule has 0 radical (unpaired) electrons. The molecule has 0 aliphatic carbocycles. The monoisotopic (exact) mass is 392 g/mol. The van der Waals surface area contributed by atoms with Crippen molar-refractivity contribution in [2.75, 3.05) is 38.2 Å². The molecular formula is C23H28N4O2. The largest absolute Gasteiger partial charge is 0.379 e. The number of aryl methyl sites for hydroxylation is 1. The predicted molar refractivity (Wildman–Crippen MR) is 116 cm³/mol. The van der Waals surface area contributed by atoms with Crippen molar-refractivity contribution in [3.8, 4) is 0 Å². The molecule has 0 spiro atoms. The van der Waals surface area contributed by atoms with Crippen molar-refractivity contribution in [2.45, 2.75) is 20.0 Å². The number of aromatic nitrogens is 1. The van der Waals surface area contributed by atoms with E-state index < -0.39 is 0 Å². The standard InChI is InChI=1S/C23H28N4O2/c1-18-2-4-19(5-3-18)17-24-23(28)25-21-6-7-22-20(16-21)8-9-27(22)11-10-26-12-14-29-15-13-26/h2-9,16H,10-15,17H2,1H3,(H2,24,25,28). The number of ether oxygens (including phenoxy) is 1. The molecule has 2 aromatic carbocycles. The summed E-state index contributed by atoms with van der Waals surface area (Å²) in [5, 5.41) is 6.96. The van der Waals surface area contributed by atoms with E-state index in [4.69, 9.17) is 4.74 Å². The molecule has 0 unspecified atom stereocenters. The maximum atomic E-state index is 12.2. The number of nitrogens with one attached hydrogen (secondary N) is 2. The maximum absolute atomic E-state index is 12.2. The quantitative estimate of drug-likeness (QED) is 0.674. The van der Waals surface area contributed by atoms with E-state index in [-0.39, 0.29) is 6.03 Å². The minimum atomic E-state index is -0.198. The van der Waals surface area contributed by atoms with Crippen molar-refractivity contribution < 1.29 is 9.53 Å². The van der Waals surface area contributed by atoms with Crippen LogP contribution in [0.2, 0.25) is 0 Å². The molecule has 1 aliphatic rings. The first kappa shape index (κ1) is 19.5. The summed E-state index contributed by atoms with van der Waals surface area (Å²) < 4.78 is 7.68. The summed E-state index contributed by atoms with van der Waals surface area (Å²) in [5.74, 6) is 0. The molecule has 29 heavy (non-hydrogen) atoms. The van der Waals surface area contributed by atoms with Crippen molar-refractivity contribution in [3.05, 3.63) is 65.9 Å². The van der Waals surface area contributed by atoms with Gasteiger partial charge < -0.3 is 19.9 Å². The van der Waals surface area contributed by atoms with Gasteiger partial charge in [-0.15, -0.1) is 0 Å². The molecule has 0 bridgehead atoms. The summed E-state index contributed by atoms with van der Waals surface area (Å²) in [4.78, 5) is 14.7. The Morgan fingerprint density at radius 1 is 1.03 bits per heavy atom. The lowest BCUT2D eigenvalue weighted by molar-refractivity contribution is 0.0365. The van der Waals surface area contributed by atoms with Gasteiger partial charge in [-0.2, -0.15) is 0 Å². The first-order valence-corrected chi connectivity index (χ1v) is 10.2. The Bertz CT molecular complexity index is 959. The highest BCUT2D eigenvalue weighted by molar-refractivity contribution is 5.92. The second-order valence-electron chi connectivity index (χ2n) is 7.53. The lowest BCUT2D eigenvalue weighted by Gasteiger charge is -2.26. The molecule has 6 heteroatoms. The predicted octanol–water partition coefficient (Wildman–Crippen LogP) is 3.60. The van der Waals surface area contributed by atoms with Crippen molar-refractivity contribution in [2.24, 2.45) is 0 Å². The number of hydrogen-bond donors (Lipinski definition) is 2. The molecule has 1 aromatic heterocycles. The van der Waals surface area contributed by atoms with Crippen LogP contribution in [0.3, 0.4) is 0 Å². The number of fused-ring (bicyclic) bond motifs is 1. The van der Waals surface area contributed by atoms with E-state index in [1.54, 1.807) is 0 Å². The van der Waals surface area contributed by atoms with Gasteiger partial charge in [0, 0.05) is 55.5 Å². The van der Waals surface area contributed by atoms with Crippen LogP contribution in [-0.2, 0) is 17.8 Å². The van der Waals surface area contributed by atoms with Crippen molar-refractivity contribution in [1.29, 1.82) is 0 Å². The van der Waals surface area contributed by atoms with Crippen molar-refractivity contribution >= 4 is 22.6 Å². The summed E-state index contributed by atoms with van der Waals surface area (Å²) >= 11 is 0. The number of rotatable bonds is 6. The summed E-state index contributed by atoms with van der Waals surface area (Å²) in [5.41, 5.74) is 4.27. The summed E-state index contributed by atoms with van der Waals surface area (Å²) in [7, 11) is 0. The average Bonchev–Trinajstić information content (AvgIpc) is 3.15. The number of anilines is 1. The zero-order valence-corrected chi connectivity index (χ0v) is 16.9. The maximum Gasteiger partial charge on any atom is 0.319 e. The highest BCUT2D eigenvalue weighted by Crippen LogP contribution is 2.21. The number of amides is 2. The minimum Gasteiger partial charge on any atom is -0.379 e. The minimum absolute atomic E-state index is 0.198. The van der Waals surface area contributed by atoms with E-state index in [1.807, 2.05) is 36.4 Å². The Labute approximate surface area is 171 Å². The van der Waals surface area contributed by atoms with E-state index in [1.165, 1.54) is 11.1 Å². The highest BCUT2D eigenvalue weighted by atomic mass is 16.5. The molecule has 1 saturated heterocycles. The van der Waals surface area contributed by atoms with Gasteiger partial charge in [0.15, 0.2) is 0 Å². The zero-order valence-electron chi connectivity index (χ0n) is 16.9. The van der Waals surface area contributed by atoms with Gasteiger partial charge in [0.2, 0.25) is 0 Å². The lowest BCUT2D eigenvalue weighted by Crippen LogP contribution is -2.38. The van der Waals surface area contributed by atoms with Crippen LogP contribution >= 0.6 is 0 Å². The van der Waals surface area contributed by atoms with Crippen molar-refractivity contribution in [1.82, 2.24) is 14.8 Å². The van der Waals surface area contributed by atoms with Crippen molar-refractivity contribution in [3.63, 3.8) is 0 Å². The van der Waals surface area contributed by atoms with Gasteiger partial charge in [-0.25, -0.2) is 4.79 Å². The third kappa shape index (κ3) is 5.16. The third-order valence-corrected chi connectivity index (χ3v) is 5.36. The average molecular weight is 393 g/mol. The lowest BCUT2D eigenvalue weighted by atomic mass is 10.1. The second-order valence-corrected chi connectivity index (χ2v) is 7.53. The van der Waals surface area contributed by atoms with Crippen LogP contribution in [0.25, 0.3) is 10.9 Å². The fourth-order valence-electron chi connectivity index (χ4n) is 3.61. The van der Waals surface area contributed by atoms with E-state index in [0.29, 0.717) is 6.54 Å². The van der Waals surface area contributed by atoms with Crippen LogP contribution in [-0.4, -0.2) is 48.3 Å². The number of hydrogen-bond acceptors (Lipinski definition) is 3. The number of urea groups is 1. The Morgan fingerprint density at radius 2 is 1.83 bits per heavy atom. The normalized spacial score (nSPS) is 14.8.